The van der Waals surface area contributed by atoms with Gasteiger partial charge in [-0.05, 0) is 94.9 Å². The van der Waals surface area contributed by atoms with Crippen LogP contribution in [0.4, 0.5) is 0 Å². The van der Waals surface area contributed by atoms with Gasteiger partial charge in [0, 0.05) is 6.04 Å². The summed E-state index contributed by atoms with van der Waals surface area (Å²) in [4.78, 5) is 0. The Kier molecular flexibility index (Phi) is 5.35. The van der Waals surface area contributed by atoms with E-state index in [1.54, 1.807) is 11.1 Å². The largest absolute Gasteiger partial charge is 0.310 e. The van der Waals surface area contributed by atoms with Gasteiger partial charge in [-0.15, -0.1) is 11.3 Å². The molecule has 1 nitrogen and oxygen atoms in total. The zero-order chi connectivity index (χ0) is 14.7. The fraction of sp³-hybridized carbons (Fsp3) is 0.444. The molecule has 0 radical (unpaired) electrons. The molecule has 0 bridgehead atoms. The quantitative estimate of drug-likeness (QED) is 0.651. The standard InChI is InChI=1S/C18H22INS/c1-2-8-20-17(16-11-18(19)21-12-16)10-13-6-7-14-4-3-5-15(14)9-13/h6-7,9,11-12,17,20H,2-5,8,10H2,1H3. The first-order valence-corrected chi connectivity index (χ1v) is 9.80. The molecule has 1 unspecified atom stereocenters. The van der Waals surface area contributed by atoms with Crippen LogP contribution in [0.15, 0.2) is 29.6 Å². The molecular formula is C18H22INS. The van der Waals surface area contributed by atoms with Gasteiger partial charge in [0.25, 0.3) is 0 Å². The van der Waals surface area contributed by atoms with Gasteiger partial charge in [0.05, 0.1) is 2.88 Å². The van der Waals surface area contributed by atoms with E-state index in [2.05, 4.69) is 64.5 Å². The topological polar surface area (TPSA) is 12.0 Å². The second-order valence-corrected chi connectivity index (χ2v) is 8.66. The Bertz CT molecular complexity index is 605. The molecule has 112 valence electrons. The summed E-state index contributed by atoms with van der Waals surface area (Å²) in [5, 5.41) is 6.03. The fourth-order valence-electron chi connectivity index (χ4n) is 3.12. The van der Waals surface area contributed by atoms with E-state index in [-0.39, 0.29) is 0 Å². The lowest BCUT2D eigenvalue weighted by molar-refractivity contribution is 0.530. The Morgan fingerprint density at radius 3 is 2.86 bits per heavy atom. The number of thiophene rings is 1. The van der Waals surface area contributed by atoms with Crippen LogP contribution in [-0.2, 0) is 19.3 Å². The number of nitrogens with one attached hydrogen (secondary N) is 1. The minimum atomic E-state index is 0.448. The van der Waals surface area contributed by atoms with Crippen LogP contribution in [-0.4, -0.2) is 6.54 Å². The molecule has 0 fully saturated rings. The predicted octanol–water partition coefficient (Wildman–Crippen LogP) is 5.12. The third-order valence-corrected chi connectivity index (χ3v) is 6.04. The predicted molar refractivity (Wildman–Crippen MR) is 100 cm³/mol. The summed E-state index contributed by atoms with van der Waals surface area (Å²) < 4.78 is 1.37. The summed E-state index contributed by atoms with van der Waals surface area (Å²) in [5.41, 5.74) is 6.08. The maximum Gasteiger partial charge on any atom is 0.0656 e. The van der Waals surface area contributed by atoms with Crippen LogP contribution >= 0.6 is 33.9 Å². The molecule has 2 aromatic rings. The SMILES string of the molecule is CCCNC(Cc1ccc2c(c1)CCC2)c1csc(I)c1. The first kappa shape index (κ1) is 15.5. The molecule has 0 amide bonds. The number of hydrogen-bond acceptors (Lipinski definition) is 2. The van der Waals surface area contributed by atoms with Crippen molar-refractivity contribution in [1.29, 1.82) is 0 Å². The lowest BCUT2D eigenvalue weighted by Gasteiger charge is -2.18. The number of halogens is 1. The zero-order valence-corrected chi connectivity index (χ0v) is 15.5. The van der Waals surface area contributed by atoms with E-state index in [4.69, 9.17) is 0 Å². The van der Waals surface area contributed by atoms with Gasteiger partial charge in [-0.25, -0.2) is 0 Å². The van der Waals surface area contributed by atoms with Crippen molar-refractivity contribution in [2.75, 3.05) is 6.54 Å². The molecule has 1 atom stereocenters. The Balaban J connectivity index is 1.77. The number of hydrogen-bond donors (Lipinski definition) is 1. The molecule has 0 saturated carbocycles. The van der Waals surface area contributed by atoms with Gasteiger partial charge >= 0.3 is 0 Å². The van der Waals surface area contributed by atoms with Crippen molar-refractivity contribution < 1.29 is 0 Å². The highest BCUT2D eigenvalue weighted by molar-refractivity contribution is 14.1. The summed E-state index contributed by atoms with van der Waals surface area (Å²) in [6, 6.07) is 9.91. The van der Waals surface area contributed by atoms with Crippen LogP contribution in [0.25, 0.3) is 0 Å². The van der Waals surface area contributed by atoms with Crippen LogP contribution in [0.3, 0.4) is 0 Å². The van der Waals surface area contributed by atoms with Gasteiger partial charge in [-0.2, -0.15) is 0 Å². The van der Waals surface area contributed by atoms with E-state index in [0.717, 1.165) is 13.0 Å². The molecular weight excluding hydrogens is 389 g/mol. The van der Waals surface area contributed by atoms with Gasteiger partial charge in [0.2, 0.25) is 0 Å². The van der Waals surface area contributed by atoms with Crippen LogP contribution < -0.4 is 5.32 Å². The number of benzene rings is 1. The molecule has 1 heterocycles. The van der Waals surface area contributed by atoms with E-state index in [9.17, 15) is 0 Å². The molecule has 0 saturated heterocycles. The van der Waals surface area contributed by atoms with E-state index in [1.807, 2.05) is 11.3 Å². The Labute approximate surface area is 145 Å². The molecule has 3 rings (SSSR count). The van der Waals surface area contributed by atoms with Crippen LogP contribution in [0.2, 0.25) is 0 Å². The molecule has 0 aliphatic heterocycles. The van der Waals surface area contributed by atoms with Crippen molar-refractivity contribution in [3.05, 3.63) is 54.8 Å². The normalized spacial score (nSPS) is 15.1. The third-order valence-electron chi connectivity index (χ3n) is 4.23. The molecule has 1 aliphatic rings. The first-order chi connectivity index (χ1) is 10.3. The number of rotatable bonds is 6. The summed E-state index contributed by atoms with van der Waals surface area (Å²) in [6.07, 6.45) is 6.16. The minimum Gasteiger partial charge on any atom is -0.310 e. The van der Waals surface area contributed by atoms with Crippen molar-refractivity contribution in [3.8, 4) is 0 Å². The molecule has 1 aromatic heterocycles. The molecule has 21 heavy (non-hydrogen) atoms. The Morgan fingerprint density at radius 2 is 2.10 bits per heavy atom. The highest BCUT2D eigenvalue weighted by atomic mass is 127. The molecule has 0 spiro atoms. The van der Waals surface area contributed by atoms with Gasteiger partial charge in [-0.1, -0.05) is 25.1 Å². The van der Waals surface area contributed by atoms with Gasteiger partial charge in [0.1, 0.15) is 0 Å². The lowest BCUT2D eigenvalue weighted by Crippen LogP contribution is -2.23. The highest BCUT2D eigenvalue weighted by Crippen LogP contribution is 2.28. The minimum absolute atomic E-state index is 0.448. The van der Waals surface area contributed by atoms with Crippen molar-refractivity contribution >= 4 is 33.9 Å². The first-order valence-electron chi connectivity index (χ1n) is 7.84. The third kappa shape index (κ3) is 3.88. The highest BCUT2D eigenvalue weighted by Gasteiger charge is 2.16. The average molecular weight is 411 g/mol. The second-order valence-electron chi connectivity index (χ2n) is 5.85. The lowest BCUT2D eigenvalue weighted by atomic mass is 9.98. The summed E-state index contributed by atoms with van der Waals surface area (Å²) >= 11 is 4.26. The summed E-state index contributed by atoms with van der Waals surface area (Å²) in [5.74, 6) is 0. The zero-order valence-electron chi connectivity index (χ0n) is 12.5. The Hall–Kier alpha value is -0.390. The Morgan fingerprint density at radius 1 is 1.24 bits per heavy atom. The number of aryl methyl sites for hydroxylation is 2. The second kappa shape index (κ2) is 7.25. The van der Waals surface area contributed by atoms with E-state index >= 15 is 0 Å². The average Bonchev–Trinajstić information content (AvgIpc) is 3.11. The van der Waals surface area contributed by atoms with E-state index in [0.29, 0.717) is 6.04 Å². The fourth-order valence-corrected chi connectivity index (χ4v) is 4.55. The van der Waals surface area contributed by atoms with E-state index in [1.165, 1.54) is 39.7 Å². The maximum atomic E-state index is 3.72. The molecule has 1 aliphatic carbocycles. The van der Waals surface area contributed by atoms with Crippen molar-refractivity contribution in [2.24, 2.45) is 0 Å². The van der Waals surface area contributed by atoms with E-state index < -0.39 is 0 Å². The number of fused-ring (bicyclic) bond motifs is 1. The van der Waals surface area contributed by atoms with Crippen molar-refractivity contribution in [1.82, 2.24) is 5.32 Å². The molecule has 1 N–H and O–H groups in total. The monoisotopic (exact) mass is 411 g/mol. The molecule has 1 aromatic carbocycles. The van der Waals surface area contributed by atoms with Gasteiger partial charge < -0.3 is 5.32 Å². The van der Waals surface area contributed by atoms with Crippen LogP contribution in [0, 0.1) is 2.88 Å². The maximum absolute atomic E-state index is 3.72. The van der Waals surface area contributed by atoms with Gasteiger partial charge in [-0.3, -0.25) is 0 Å². The summed E-state index contributed by atoms with van der Waals surface area (Å²) in [7, 11) is 0. The van der Waals surface area contributed by atoms with Crippen LogP contribution in [0.1, 0.15) is 48.1 Å². The summed E-state index contributed by atoms with van der Waals surface area (Å²) in [6.45, 7) is 3.32. The van der Waals surface area contributed by atoms with Gasteiger partial charge in [0.15, 0.2) is 0 Å². The molecule has 3 heteroatoms. The smallest absolute Gasteiger partial charge is 0.0656 e. The van der Waals surface area contributed by atoms with Crippen molar-refractivity contribution in [2.45, 2.75) is 45.1 Å². The van der Waals surface area contributed by atoms with Crippen molar-refractivity contribution in [3.63, 3.8) is 0 Å². The van der Waals surface area contributed by atoms with Crippen LogP contribution in [0.5, 0.6) is 0 Å².